The van der Waals surface area contributed by atoms with E-state index in [0.29, 0.717) is 0 Å². The molecule has 0 amide bonds. The molecule has 0 radical (unpaired) electrons. The molecule has 4 rings (SSSR count). The van der Waals surface area contributed by atoms with Crippen molar-refractivity contribution in [1.82, 2.24) is 0 Å². The van der Waals surface area contributed by atoms with E-state index in [0.717, 1.165) is 12.1 Å². The number of methoxy groups -OCH3 is 2. The second-order valence-corrected chi connectivity index (χ2v) is 10.1. The number of rotatable bonds is 11. The van der Waals surface area contributed by atoms with Crippen LogP contribution in [-0.4, -0.2) is 141 Å². The van der Waals surface area contributed by atoms with Gasteiger partial charge in [0.25, 0.3) is 0 Å². The number of benzene rings is 2. The molecule has 10 atom stereocenters. The molecular weight excluding hydrogens is 592 g/mol. The van der Waals surface area contributed by atoms with Gasteiger partial charge in [0, 0.05) is 23.3 Å². The smallest absolute Gasteiger partial charge is 0.233 e. The van der Waals surface area contributed by atoms with Crippen LogP contribution < -0.4 is 18.9 Å². The summed E-state index contributed by atoms with van der Waals surface area (Å²) in [7, 11) is 2.57. The third-order valence-corrected chi connectivity index (χ3v) is 7.16. The van der Waals surface area contributed by atoms with E-state index in [2.05, 4.69) is 0 Å². The maximum absolute atomic E-state index is 13.3. The number of aliphatic hydroxyl groups is 8. The second-order valence-electron chi connectivity index (χ2n) is 10.1. The third-order valence-electron chi connectivity index (χ3n) is 7.16. The van der Waals surface area contributed by atoms with Crippen LogP contribution in [0.15, 0.2) is 36.4 Å². The molecule has 44 heavy (non-hydrogen) atoms. The summed E-state index contributed by atoms with van der Waals surface area (Å²) in [5.74, 6) is -2.20. The second kappa shape index (κ2) is 14.1. The molecule has 2 aromatic carbocycles. The van der Waals surface area contributed by atoms with Gasteiger partial charge in [0.05, 0.1) is 27.4 Å². The van der Waals surface area contributed by atoms with Gasteiger partial charge >= 0.3 is 0 Å². The van der Waals surface area contributed by atoms with Crippen LogP contribution in [0.1, 0.15) is 20.7 Å². The summed E-state index contributed by atoms with van der Waals surface area (Å²) in [6.07, 6.45) is -15.8. The molecule has 16 nitrogen and oxygen atoms in total. The van der Waals surface area contributed by atoms with Gasteiger partial charge < -0.3 is 69.3 Å². The normalized spacial score (nSPS) is 32.0. The predicted molar refractivity (Wildman–Crippen MR) is 143 cm³/mol. The Morgan fingerprint density at radius 3 is 1.23 bits per heavy atom. The van der Waals surface area contributed by atoms with E-state index in [-0.39, 0.29) is 34.1 Å². The molecule has 16 heteroatoms. The zero-order valence-corrected chi connectivity index (χ0v) is 23.5. The lowest BCUT2D eigenvalue weighted by molar-refractivity contribution is -0.277. The average molecular weight is 627 g/mol. The highest BCUT2D eigenvalue weighted by Gasteiger charge is 2.46. The van der Waals surface area contributed by atoms with Gasteiger partial charge in [0.15, 0.2) is 0 Å². The lowest BCUT2D eigenvalue weighted by atomic mass is 9.99. The first kappa shape index (κ1) is 33.5. The Kier molecular flexibility index (Phi) is 10.7. The van der Waals surface area contributed by atoms with E-state index < -0.39 is 86.2 Å². The number of ketones is 2. The van der Waals surface area contributed by atoms with Gasteiger partial charge in [-0.2, -0.15) is 0 Å². The topological polar surface area (TPSA) is 251 Å². The number of hydrogen-bond acceptors (Lipinski definition) is 16. The fourth-order valence-electron chi connectivity index (χ4n) is 4.64. The minimum atomic E-state index is -1.74. The van der Waals surface area contributed by atoms with Gasteiger partial charge in [-0.1, -0.05) is 0 Å². The zero-order chi connectivity index (χ0) is 32.3. The summed E-state index contributed by atoms with van der Waals surface area (Å²) >= 11 is 0. The van der Waals surface area contributed by atoms with Gasteiger partial charge in [-0.15, -0.1) is 0 Å². The van der Waals surface area contributed by atoms with Gasteiger partial charge in [-0.25, -0.2) is 0 Å². The van der Waals surface area contributed by atoms with E-state index in [1.54, 1.807) is 0 Å². The fourth-order valence-corrected chi connectivity index (χ4v) is 4.64. The Bertz CT molecular complexity index is 1220. The van der Waals surface area contributed by atoms with Crippen molar-refractivity contribution < 1.29 is 78.9 Å². The molecule has 2 aliphatic rings. The highest BCUT2D eigenvalue weighted by atomic mass is 16.7. The number of carbonyl (C=O) groups excluding carboxylic acids is 2. The minimum Gasteiger partial charge on any atom is -0.497 e. The first-order chi connectivity index (χ1) is 20.9. The minimum absolute atomic E-state index is 0.0699. The molecule has 0 unspecified atom stereocenters. The third kappa shape index (κ3) is 6.94. The number of hydrogen-bond donors (Lipinski definition) is 8. The van der Waals surface area contributed by atoms with E-state index in [1.807, 2.05) is 0 Å². The van der Waals surface area contributed by atoms with E-state index >= 15 is 0 Å². The molecule has 0 spiro atoms. The van der Waals surface area contributed by atoms with Crippen molar-refractivity contribution in [2.24, 2.45) is 0 Å². The average Bonchev–Trinajstić information content (AvgIpc) is 3.04. The SMILES string of the molecule is COc1cc(O[C@@H]2O[C@H](CO)[C@@H](O)[C@H](O)[C@H]2O)cc(C(=O)C(=O)c2cc(OC)cc(O[C@@H]3O[C@H](CO)[C@@H](O)[C@H](O)[C@H]3O)c2)c1. The number of ether oxygens (including phenoxy) is 6. The Balaban J connectivity index is 1.58. The van der Waals surface area contributed by atoms with Crippen LogP contribution in [-0.2, 0) is 9.47 Å². The Labute approximate surface area is 250 Å². The molecular formula is C28H34O16. The molecule has 0 aliphatic carbocycles. The van der Waals surface area contributed by atoms with E-state index in [1.165, 1.54) is 38.5 Å². The predicted octanol–water partition coefficient (Wildman–Crippen LogP) is -2.87. The lowest BCUT2D eigenvalue weighted by Gasteiger charge is -2.39. The summed E-state index contributed by atoms with van der Waals surface area (Å²) in [6.45, 7) is -1.38. The van der Waals surface area contributed by atoms with E-state index in [9.17, 15) is 50.4 Å². The first-order valence-electron chi connectivity index (χ1n) is 13.3. The van der Waals surface area contributed by atoms with Crippen molar-refractivity contribution >= 4 is 11.6 Å². The number of Topliss-reactive ketones (excluding diaryl/α,β-unsaturated/α-hetero) is 2. The highest BCUT2D eigenvalue weighted by molar-refractivity contribution is 6.49. The van der Waals surface area contributed by atoms with Crippen LogP contribution in [0.4, 0.5) is 0 Å². The van der Waals surface area contributed by atoms with Crippen LogP contribution >= 0.6 is 0 Å². The standard InChI is InChI=1S/C28H34O16/c1-39-13-3-11(5-15(7-13)41-27-25(37)23(35)21(33)17(9-29)43-27)19(31)20(32)12-4-14(40-2)8-16(6-12)42-28-26(38)24(36)22(34)18(10-30)44-28/h3-8,17-18,21-30,33-38H,9-10H2,1-2H3/t17-,18-,21-,22-,23+,24+,25-,26-,27-,28-/m1/s1. The van der Waals surface area contributed by atoms with Crippen LogP contribution in [0.25, 0.3) is 0 Å². The molecule has 2 aliphatic heterocycles. The van der Waals surface area contributed by atoms with Gasteiger partial charge in [0.1, 0.15) is 71.8 Å². The Morgan fingerprint density at radius 1 is 0.568 bits per heavy atom. The van der Waals surface area contributed by atoms with E-state index in [4.69, 9.17) is 28.4 Å². The molecule has 2 aromatic rings. The van der Waals surface area contributed by atoms with Crippen LogP contribution in [0.2, 0.25) is 0 Å². The molecule has 0 aromatic heterocycles. The van der Waals surface area contributed by atoms with Crippen molar-refractivity contribution in [3.05, 3.63) is 47.5 Å². The Morgan fingerprint density at radius 2 is 0.909 bits per heavy atom. The highest BCUT2D eigenvalue weighted by Crippen LogP contribution is 2.31. The van der Waals surface area contributed by atoms with Gasteiger partial charge in [-0.3, -0.25) is 9.59 Å². The van der Waals surface area contributed by atoms with Crippen LogP contribution in [0.3, 0.4) is 0 Å². The molecule has 0 bridgehead atoms. The summed E-state index contributed by atoms with van der Waals surface area (Å²) < 4.78 is 32.3. The number of aliphatic hydroxyl groups excluding tert-OH is 8. The molecule has 0 saturated carbocycles. The summed E-state index contributed by atoms with van der Waals surface area (Å²) in [4.78, 5) is 26.7. The summed E-state index contributed by atoms with van der Waals surface area (Å²) in [6, 6.07) is 7.39. The van der Waals surface area contributed by atoms with Crippen molar-refractivity contribution in [2.45, 2.75) is 61.4 Å². The molecule has 2 saturated heterocycles. The fraction of sp³-hybridized carbons (Fsp3) is 0.500. The quantitative estimate of drug-likeness (QED) is 0.0921. The number of carbonyl (C=O) groups is 2. The van der Waals surface area contributed by atoms with Crippen LogP contribution in [0, 0.1) is 0 Å². The van der Waals surface area contributed by atoms with Crippen LogP contribution in [0.5, 0.6) is 23.0 Å². The first-order valence-corrected chi connectivity index (χ1v) is 13.3. The van der Waals surface area contributed by atoms with Gasteiger partial charge in [-0.05, 0) is 24.3 Å². The van der Waals surface area contributed by atoms with Gasteiger partial charge in [0.2, 0.25) is 24.1 Å². The summed E-state index contributed by atoms with van der Waals surface area (Å²) in [5.41, 5.74) is -0.429. The maximum Gasteiger partial charge on any atom is 0.233 e. The molecule has 2 fully saturated rings. The monoisotopic (exact) mass is 626 g/mol. The molecule has 8 N–H and O–H groups in total. The van der Waals surface area contributed by atoms with Crippen molar-refractivity contribution in [1.29, 1.82) is 0 Å². The summed E-state index contributed by atoms with van der Waals surface area (Å²) in [5, 5.41) is 79.6. The van der Waals surface area contributed by atoms with Crippen molar-refractivity contribution in [3.63, 3.8) is 0 Å². The van der Waals surface area contributed by atoms with Crippen molar-refractivity contribution in [2.75, 3.05) is 27.4 Å². The zero-order valence-electron chi connectivity index (χ0n) is 23.5. The maximum atomic E-state index is 13.3. The molecule has 2 heterocycles. The lowest BCUT2D eigenvalue weighted by Crippen LogP contribution is -2.60. The Hall–Kier alpha value is -3.42. The van der Waals surface area contributed by atoms with Crippen molar-refractivity contribution in [3.8, 4) is 23.0 Å². The molecule has 242 valence electrons. The largest absolute Gasteiger partial charge is 0.497 e.